The van der Waals surface area contributed by atoms with Crippen molar-refractivity contribution in [3.8, 4) is 0 Å². The topological polar surface area (TPSA) is 78.4 Å². The van der Waals surface area contributed by atoms with Crippen molar-refractivity contribution < 1.29 is 14.7 Å². The van der Waals surface area contributed by atoms with Crippen LogP contribution in [0.15, 0.2) is 24.3 Å². The number of anilines is 1. The summed E-state index contributed by atoms with van der Waals surface area (Å²) >= 11 is 0. The molecule has 0 bridgehead atoms. The van der Waals surface area contributed by atoms with Crippen LogP contribution < -0.4 is 10.6 Å². The van der Waals surface area contributed by atoms with Gasteiger partial charge in [0.05, 0.1) is 0 Å². The number of rotatable bonds is 8. The van der Waals surface area contributed by atoms with Crippen LogP contribution >= 0.6 is 0 Å². The van der Waals surface area contributed by atoms with Crippen LogP contribution in [0.4, 0.5) is 5.69 Å². The van der Waals surface area contributed by atoms with Gasteiger partial charge in [-0.2, -0.15) is 0 Å². The largest absolute Gasteiger partial charge is 0.480 e. The van der Waals surface area contributed by atoms with Crippen molar-refractivity contribution in [1.82, 2.24) is 5.32 Å². The van der Waals surface area contributed by atoms with E-state index in [2.05, 4.69) is 10.6 Å². The van der Waals surface area contributed by atoms with E-state index in [4.69, 9.17) is 5.11 Å². The fourth-order valence-electron chi connectivity index (χ4n) is 2.04. The second-order valence-corrected chi connectivity index (χ2v) is 5.58. The van der Waals surface area contributed by atoms with Crippen LogP contribution in [0.1, 0.15) is 32.3 Å². The minimum absolute atomic E-state index is 0.219. The molecule has 0 aliphatic carbocycles. The number of nitrogens with one attached hydrogen (secondary N) is 2. The highest BCUT2D eigenvalue weighted by Crippen LogP contribution is 2.12. The van der Waals surface area contributed by atoms with E-state index >= 15 is 0 Å². The Morgan fingerprint density at radius 1 is 1.24 bits per heavy atom. The van der Waals surface area contributed by atoms with E-state index in [1.54, 1.807) is 0 Å². The number of carboxylic acid groups (broad SMARTS) is 1. The lowest BCUT2D eigenvalue weighted by atomic mass is 10.0. The number of aryl methyl sites for hydroxylation is 1. The summed E-state index contributed by atoms with van der Waals surface area (Å²) in [4.78, 5) is 22.9. The highest BCUT2D eigenvalue weighted by Gasteiger charge is 2.20. The quantitative estimate of drug-likeness (QED) is 0.687. The van der Waals surface area contributed by atoms with E-state index in [1.165, 1.54) is 0 Å². The van der Waals surface area contributed by atoms with Crippen LogP contribution in [0, 0.1) is 12.8 Å². The Morgan fingerprint density at radius 3 is 2.48 bits per heavy atom. The summed E-state index contributed by atoms with van der Waals surface area (Å²) < 4.78 is 0. The number of aliphatic carboxylic acids is 1. The predicted octanol–water partition coefficient (Wildman–Crippen LogP) is 2.41. The molecule has 0 radical (unpaired) electrons. The van der Waals surface area contributed by atoms with Crippen molar-refractivity contribution in [2.24, 2.45) is 5.92 Å². The molecule has 0 spiro atoms. The van der Waals surface area contributed by atoms with Crippen LogP contribution in [0.2, 0.25) is 0 Å². The van der Waals surface area contributed by atoms with Gasteiger partial charge < -0.3 is 15.7 Å². The third kappa shape index (κ3) is 6.29. The zero-order valence-corrected chi connectivity index (χ0v) is 12.8. The first-order valence-corrected chi connectivity index (χ1v) is 7.21. The minimum atomic E-state index is -0.982. The normalized spacial score (nSPS) is 12.0. The number of carbonyl (C=O) groups excluding carboxylic acids is 1. The molecule has 0 heterocycles. The van der Waals surface area contributed by atoms with Gasteiger partial charge in [-0.15, -0.1) is 0 Å². The zero-order valence-electron chi connectivity index (χ0n) is 12.8. The Morgan fingerprint density at radius 2 is 1.90 bits per heavy atom. The van der Waals surface area contributed by atoms with Gasteiger partial charge in [-0.05, 0) is 30.9 Å². The number of hydrogen-bond acceptors (Lipinski definition) is 3. The molecule has 0 saturated carbocycles. The molecule has 0 unspecified atom stereocenters. The molecule has 1 aromatic carbocycles. The van der Waals surface area contributed by atoms with Gasteiger partial charge >= 0.3 is 5.97 Å². The smallest absolute Gasteiger partial charge is 0.326 e. The lowest BCUT2D eigenvalue weighted by molar-refractivity contribution is -0.142. The second kappa shape index (κ2) is 8.29. The Kier molecular flexibility index (Phi) is 6.72. The average Bonchev–Trinajstić information content (AvgIpc) is 2.39. The number of hydrogen-bond donors (Lipinski definition) is 3. The monoisotopic (exact) mass is 292 g/mol. The molecule has 3 N–H and O–H groups in total. The molecule has 1 rings (SSSR count). The fraction of sp³-hybridized carbons (Fsp3) is 0.500. The van der Waals surface area contributed by atoms with Crippen LogP contribution in [0.5, 0.6) is 0 Å². The Bertz CT molecular complexity index is 486. The lowest BCUT2D eigenvalue weighted by Gasteiger charge is -2.16. The molecule has 5 heteroatoms. The van der Waals surface area contributed by atoms with Crippen LogP contribution in [-0.2, 0) is 9.59 Å². The molecule has 1 atom stereocenters. The maximum atomic E-state index is 11.8. The van der Waals surface area contributed by atoms with E-state index in [9.17, 15) is 9.59 Å². The van der Waals surface area contributed by atoms with E-state index in [0.717, 1.165) is 11.3 Å². The van der Waals surface area contributed by atoms with Gasteiger partial charge in [-0.25, -0.2) is 4.79 Å². The maximum Gasteiger partial charge on any atom is 0.326 e. The van der Waals surface area contributed by atoms with Crippen molar-refractivity contribution in [1.29, 1.82) is 0 Å². The third-order valence-corrected chi connectivity index (χ3v) is 3.15. The summed E-state index contributed by atoms with van der Waals surface area (Å²) in [5.74, 6) is -1.01. The highest BCUT2D eigenvalue weighted by atomic mass is 16.4. The molecular formula is C16H24N2O3. The molecule has 0 aliphatic rings. The Balaban J connectivity index is 2.39. The standard InChI is InChI=1S/C16H24N2O3/c1-11(2)10-14(16(20)21)18-15(19)8-9-17-13-7-5-4-6-12(13)3/h4-7,11,14,17H,8-10H2,1-3H3,(H,18,19)(H,20,21)/t14-/m1/s1. The summed E-state index contributed by atoms with van der Waals surface area (Å²) in [7, 11) is 0. The lowest BCUT2D eigenvalue weighted by Crippen LogP contribution is -2.42. The summed E-state index contributed by atoms with van der Waals surface area (Å²) in [6.07, 6.45) is 0.683. The molecule has 21 heavy (non-hydrogen) atoms. The fourth-order valence-corrected chi connectivity index (χ4v) is 2.04. The van der Waals surface area contributed by atoms with Crippen molar-refractivity contribution in [2.75, 3.05) is 11.9 Å². The minimum Gasteiger partial charge on any atom is -0.480 e. The SMILES string of the molecule is Cc1ccccc1NCCC(=O)N[C@H](CC(C)C)C(=O)O. The first-order chi connectivity index (χ1) is 9.90. The number of para-hydroxylation sites is 1. The molecule has 5 nitrogen and oxygen atoms in total. The zero-order chi connectivity index (χ0) is 15.8. The first-order valence-electron chi connectivity index (χ1n) is 7.21. The molecule has 1 amide bonds. The van der Waals surface area contributed by atoms with Gasteiger partial charge in [0.15, 0.2) is 0 Å². The summed E-state index contributed by atoms with van der Waals surface area (Å²) in [5.41, 5.74) is 2.10. The van der Waals surface area contributed by atoms with E-state index in [0.29, 0.717) is 13.0 Å². The van der Waals surface area contributed by atoms with Crippen molar-refractivity contribution in [2.45, 2.75) is 39.7 Å². The summed E-state index contributed by atoms with van der Waals surface area (Å²) in [6, 6.07) is 7.02. The third-order valence-electron chi connectivity index (χ3n) is 3.15. The van der Waals surface area contributed by atoms with E-state index < -0.39 is 12.0 Å². The first kappa shape index (κ1) is 17.0. The summed E-state index contributed by atoms with van der Waals surface area (Å²) in [5, 5.41) is 14.8. The Hall–Kier alpha value is -2.04. The van der Waals surface area contributed by atoms with Crippen LogP contribution in [-0.4, -0.2) is 29.6 Å². The molecule has 0 aromatic heterocycles. The summed E-state index contributed by atoms with van der Waals surface area (Å²) in [6.45, 7) is 6.33. The second-order valence-electron chi connectivity index (χ2n) is 5.58. The predicted molar refractivity (Wildman–Crippen MR) is 83.3 cm³/mol. The number of amides is 1. The molecule has 116 valence electrons. The highest BCUT2D eigenvalue weighted by molar-refractivity contribution is 5.83. The van der Waals surface area contributed by atoms with Crippen LogP contribution in [0.3, 0.4) is 0 Å². The number of carbonyl (C=O) groups is 2. The van der Waals surface area contributed by atoms with Gasteiger partial charge in [0.25, 0.3) is 0 Å². The van der Waals surface area contributed by atoms with Crippen molar-refractivity contribution in [3.05, 3.63) is 29.8 Å². The van der Waals surface area contributed by atoms with Crippen molar-refractivity contribution >= 4 is 17.6 Å². The molecular weight excluding hydrogens is 268 g/mol. The van der Waals surface area contributed by atoms with E-state index in [1.807, 2.05) is 45.0 Å². The molecule has 0 aliphatic heterocycles. The molecule has 1 aromatic rings. The number of benzene rings is 1. The Labute approximate surface area is 125 Å². The average molecular weight is 292 g/mol. The van der Waals surface area contributed by atoms with Gasteiger partial charge in [0, 0.05) is 18.7 Å². The van der Waals surface area contributed by atoms with E-state index in [-0.39, 0.29) is 18.2 Å². The molecule has 0 fully saturated rings. The van der Waals surface area contributed by atoms with Crippen LogP contribution in [0.25, 0.3) is 0 Å². The van der Waals surface area contributed by atoms with Crippen molar-refractivity contribution in [3.63, 3.8) is 0 Å². The molecule has 0 saturated heterocycles. The van der Waals surface area contributed by atoms with Gasteiger partial charge in [-0.1, -0.05) is 32.0 Å². The van der Waals surface area contributed by atoms with Gasteiger partial charge in [0.2, 0.25) is 5.91 Å². The maximum absolute atomic E-state index is 11.8. The number of carboxylic acids is 1. The van der Waals surface area contributed by atoms with Gasteiger partial charge in [-0.3, -0.25) is 4.79 Å². The van der Waals surface area contributed by atoms with Gasteiger partial charge in [0.1, 0.15) is 6.04 Å².